The van der Waals surface area contributed by atoms with Crippen LogP contribution in [0.4, 0.5) is 5.13 Å². The zero-order valence-electron chi connectivity index (χ0n) is 16.5. The Bertz CT molecular complexity index is 839. The number of rotatable bonds is 5. The number of hydrogen-bond acceptors (Lipinski definition) is 5. The lowest BCUT2D eigenvalue weighted by Gasteiger charge is -2.55. The number of aromatic nitrogens is 2. The standard InChI is InChI=1S/C22H27N3O2S/c1-13(2)27-18-5-3-17(4-6-18)19(26)23-21-25-24-20(28-21)22-10-14-7-15(11-22)9-16(8-14)12-22/h3-6,13-16H,7-12H2,1-2H3,(H,23,25,26). The van der Waals surface area contributed by atoms with E-state index in [0.29, 0.717) is 10.7 Å². The van der Waals surface area contributed by atoms with E-state index in [1.54, 1.807) is 23.5 Å². The van der Waals surface area contributed by atoms with Gasteiger partial charge in [-0.15, -0.1) is 10.2 Å². The average Bonchev–Trinajstić information content (AvgIpc) is 3.10. The predicted octanol–water partition coefficient (Wildman–Crippen LogP) is 5.05. The van der Waals surface area contributed by atoms with Crippen LogP contribution in [0.25, 0.3) is 0 Å². The molecule has 0 saturated heterocycles. The van der Waals surface area contributed by atoms with Crippen LogP contribution < -0.4 is 10.1 Å². The van der Waals surface area contributed by atoms with E-state index in [1.807, 2.05) is 26.0 Å². The van der Waals surface area contributed by atoms with Crippen molar-refractivity contribution in [1.82, 2.24) is 10.2 Å². The van der Waals surface area contributed by atoms with Crippen molar-refractivity contribution >= 4 is 22.4 Å². The van der Waals surface area contributed by atoms with Crippen LogP contribution in [0.3, 0.4) is 0 Å². The minimum atomic E-state index is -0.149. The van der Waals surface area contributed by atoms with E-state index in [0.717, 1.165) is 28.5 Å². The number of amides is 1. The molecule has 6 heteroatoms. The molecule has 2 aromatic rings. The fourth-order valence-corrected chi connectivity index (χ4v) is 6.94. The molecule has 0 atom stereocenters. The smallest absolute Gasteiger partial charge is 0.257 e. The number of carbonyl (C=O) groups excluding carboxylic acids is 1. The highest BCUT2D eigenvalue weighted by Crippen LogP contribution is 2.61. The topological polar surface area (TPSA) is 64.1 Å². The van der Waals surface area contributed by atoms with Gasteiger partial charge in [0.2, 0.25) is 5.13 Å². The highest BCUT2D eigenvalue weighted by Gasteiger charge is 2.53. The minimum absolute atomic E-state index is 0.115. The summed E-state index contributed by atoms with van der Waals surface area (Å²) in [6, 6.07) is 7.23. The third-order valence-corrected chi connectivity index (χ3v) is 7.71. The summed E-state index contributed by atoms with van der Waals surface area (Å²) in [6.07, 6.45) is 8.15. The molecule has 1 aromatic carbocycles. The molecule has 0 unspecified atom stereocenters. The molecule has 5 nitrogen and oxygen atoms in total. The molecule has 4 aliphatic carbocycles. The van der Waals surface area contributed by atoms with E-state index >= 15 is 0 Å². The van der Waals surface area contributed by atoms with Gasteiger partial charge in [0.1, 0.15) is 10.8 Å². The molecular weight excluding hydrogens is 370 g/mol. The number of anilines is 1. The van der Waals surface area contributed by atoms with Gasteiger partial charge in [-0.3, -0.25) is 10.1 Å². The summed E-state index contributed by atoms with van der Waals surface area (Å²) in [7, 11) is 0. The predicted molar refractivity (Wildman–Crippen MR) is 110 cm³/mol. The summed E-state index contributed by atoms with van der Waals surface area (Å²) < 4.78 is 5.64. The second-order valence-corrected chi connectivity index (χ2v) is 10.2. The fraction of sp³-hybridized carbons (Fsp3) is 0.591. The zero-order chi connectivity index (χ0) is 19.3. The molecule has 4 saturated carbocycles. The van der Waals surface area contributed by atoms with Crippen LogP contribution in [0.1, 0.15) is 67.7 Å². The van der Waals surface area contributed by atoms with Crippen molar-refractivity contribution in [1.29, 1.82) is 0 Å². The second kappa shape index (κ2) is 6.83. The maximum absolute atomic E-state index is 12.6. The Kier molecular flexibility index (Phi) is 4.42. The maximum atomic E-state index is 12.6. The highest BCUT2D eigenvalue weighted by molar-refractivity contribution is 7.15. The molecule has 0 spiro atoms. The molecule has 4 fully saturated rings. The van der Waals surface area contributed by atoms with Gasteiger partial charge in [-0.05, 0) is 94.4 Å². The molecule has 1 amide bonds. The summed E-state index contributed by atoms with van der Waals surface area (Å²) in [6.45, 7) is 3.97. The second-order valence-electron chi connectivity index (χ2n) is 9.26. The monoisotopic (exact) mass is 397 g/mol. The van der Waals surface area contributed by atoms with Crippen LogP contribution in [-0.4, -0.2) is 22.2 Å². The summed E-state index contributed by atoms with van der Waals surface area (Å²) >= 11 is 1.58. The van der Waals surface area contributed by atoms with Crippen molar-refractivity contribution in [3.05, 3.63) is 34.8 Å². The molecule has 0 radical (unpaired) electrons. The molecule has 1 aromatic heterocycles. The Balaban J connectivity index is 1.28. The zero-order valence-corrected chi connectivity index (χ0v) is 17.3. The van der Waals surface area contributed by atoms with Gasteiger partial charge in [0, 0.05) is 11.0 Å². The summed E-state index contributed by atoms with van der Waals surface area (Å²) in [5.41, 5.74) is 0.827. The summed E-state index contributed by atoms with van der Waals surface area (Å²) in [4.78, 5) is 12.6. The summed E-state index contributed by atoms with van der Waals surface area (Å²) in [5, 5.41) is 13.5. The van der Waals surface area contributed by atoms with Crippen molar-refractivity contribution < 1.29 is 9.53 Å². The van der Waals surface area contributed by atoms with Crippen molar-refractivity contribution in [3.8, 4) is 5.75 Å². The average molecular weight is 398 g/mol. The Morgan fingerprint density at radius 1 is 1.07 bits per heavy atom. The third kappa shape index (κ3) is 3.32. The van der Waals surface area contributed by atoms with Gasteiger partial charge in [0.15, 0.2) is 0 Å². The summed E-state index contributed by atoms with van der Waals surface area (Å²) in [5.74, 6) is 3.25. The quantitative estimate of drug-likeness (QED) is 0.767. The minimum Gasteiger partial charge on any atom is -0.491 e. The molecule has 4 bridgehead atoms. The largest absolute Gasteiger partial charge is 0.491 e. The van der Waals surface area contributed by atoms with Crippen molar-refractivity contribution in [2.45, 2.75) is 63.9 Å². The Labute approximate surface area is 169 Å². The van der Waals surface area contributed by atoms with E-state index < -0.39 is 0 Å². The first kappa shape index (κ1) is 18.1. The first-order chi connectivity index (χ1) is 13.5. The lowest BCUT2D eigenvalue weighted by molar-refractivity contribution is -0.00555. The van der Waals surface area contributed by atoms with Crippen LogP contribution in [0.5, 0.6) is 5.75 Å². The van der Waals surface area contributed by atoms with E-state index in [4.69, 9.17) is 4.74 Å². The van der Waals surface area contributed by atoms with Gasteiger partial charge in [-0.1, -0.05) is 11.3 Å². The molecule has 6 rings (SSSR count). The fourth-order valence-electron chi connectivity index (χ4n) is 5.99. The first-order valence-electron chi connectivity index (χ1n) is 10.4. The molecule has 1 N–H and O–H groups in total. The van der Waals surface area contributed by atoms with E-state index in [1.165, 1.54) is 38.5 Å². The van der Waals surface area contributed by atoms with Gasteiger partial charge >= 0.3 is 0 Å². The Hall–Kier alpha value is -1.95. The molecule has 28 heavy (non-hydrogen) atoms. The Morgan fingerprint density at radius 2 is 1.68 bits per heavy atom. The van der Waals surface area contributed by atoms with Crippen LogP contribution in [0, 0.1) is 17.8 Å². The van der Waals surface area contributed by atoms with Crippen LogP contribution in [0.15, 0.2) is 24.3 Å². The van der Waals surface area contributed by atoms with Crippen LogP contribution in [-0.2, 0) is 5.41 Å². The van der Waals surface area contributed by atoms with E-state index in [9.17, 15) is 4.79 Å². The molecular formula is C22H27N3O2S. The van der Waals surface area contributed by atoms with Crippen molar-refractivity contribution in [2.24, 2.45) is 17.8 Å². The first-order valence-corrected chi connectivity index (χ1v) is 11.2. The number of benzene rings is 1. The van der Waals surface area contributed by atoms with Crippen LogP contribution >= 0.6 is 11.3 Å². The third-order valence-electron chi connectivity index (χ3n) is 6.63. The number of nitrogens with one attached hydrogen (secondary N) is 1. The lowest BCUT2D eigenvalue weighted by atomic mass is 9.50. The van der Waals surface area contributed by atoms with Gasteiger partial charge in [0.25, 0.3) is 5.91 Å². The van der Waals surface area contributed by atoms with Crippen LogP contribution in [0.2, 0.25) is 0 Å². The van der Waals surface area contributed by atoms with Gasteiger partial charge in [-0.25, -0.2) is 0 Å². The number of ether oxygens (including phenoxy) is 1. The molecule has 0 aliphatic heterocycles. The van der Waals surface area contributed by atoms with E-state index in [-0.39, 0.29) is 17.4 Å². The Morgan fingerprint density at radius 3 is 2.25 bits per heavy atom. The number of nitrogens with zero attached hydrogens (tertiary/aromatic N) is 2. The van der Waals surface area contributed by atoms with Gasteiger partial charge in [0.05, 0.1) is 6.10 Å². The van der Waals surface area contributed by atoms with Gasteiger partial charge < -0.3 is 4.74 Å². The maximum Gasteiger partial charge on any atom is 0.257 e. The number of hydrogen-bond donors (Lipinski definition) is 1. The normalized spacial score (nSPS) is 30.6. The number of carbonyl (C=O) groups is 1. The molecule has 1 heterocycles. The lowest BCUT2D eigenvalue weighted by Crippen LogP contribution is -2.48. The van der Waals surface area contributed by atoms with E-state index in [2.05, 4.69) is 15.5 Å². The molecule has 4 aliphatic rings. The SMILES string of the molecule is CC(C)Oc1ccc(C(=O)Nc2nnc(C34CC5CC(CC(C5)C3)C4)s2)cc1. The molecule has 148 valence electrons. The van der Waals surface area contributed by atoms with Crippen molar-refractivity contribution in [3.63, 3.8) is 0 Å². The van der Waals surface area contributed by atoms with Gasteiger partial charge in [-0.2, -0.15) is 0 Å². The highest BCUT2D eigenvalue weighted by atomic mass is 32.1. The van der Waals surface area contributed by atoms with Crippen molar-refractivity contribution in [2.75, 3.05) is 5.32 Å².